The summed E-state index contributed by atoms with van der Waals surface area (Å²) in [6.45, 7) is 1.95. The van der Waals surface area contributed by atoms with E-state index in [2.05, 4.69) is 15.9 Å². The molecule has 1 aromatic carbocycles. The van der Waals surface area contributed by atoms with E-state index in [1.165, 1.54) is 10.8 Å². The maximum atomic E-state index is 11.5. The molecular weight excluding hydrogens is 316 g/mol. The van der Waals surface area contributed by atoms with Gasteiger partial charge in [0.25, 0.3) is 5.69 Å². The number of nitro groups is 1. The van der Waals surface area contributed by atoms with Crippen LogP contribution in [0.1, 0.15) is 6.92 Å². The molecule has 1 heterocycles. The average molecular weight is 327 g/mol. The third kappa shape index (κ3) is 2.76. The van der Waals surface area contributed by atoms with Gasteiger partial charge in [0.05, 0.1) is 28.6 Å². The Hall–Kier alpha value is -1.89. The van der Waals surface area contributed by atoms with Gasteiger partial charge in [-0.05, 0) is 25.1 Å². The van der Waals surface area contributed by atoms with Crippen molar-refractivity contribution in [2.24, 2.45) is 0 Å². The summed E-state index contributed by atoms with van der Waals surface area (Å²) < 4.78 is 7.17. The molecule has 6 nitrogen and oxygen atoms in total. The Bertz CT molecular complexity index is 650. The fourth-order valence-corrected chi connectivity index (χ4v) is 2.22. The first-order valence-electron chi connectivity index (χ1n) is 5.61. The van der Waals surface area contributed by atoms with Crippen LogP contribution < -0.4 is 0 Å². The molecule has 0 aliphatic carbocycles. The monoisotopic (exact) mass is 326 g/mol. The highest BCUT2D eigenvalue weighted by Crippen LogP contribution is 2.30. The zero-order chi connectivity index (χ0) is 14.0. The van der Waals surface area contributed by atoms with Gasteiger partial charge in [0, 0.05) is 4.47 Å². The number of halogens is 1. The predicted octanol–water partition coefficient (Wildman–Crippen LogP) is 2.88. The fourth-order valence-electron chi connectivity index (χ4n) is 1.87. The Morgan fingerprint density at radius 3 is 2.89 bits per heavy atom. The number of benzene rings is 1. The number of aromatic nitrogens is 1. The first-order valence-corrected chi connectivity index (χ1v) is 6.40. The molecule has 0 spiro atoms. The molecule has 1 aromatic heterocycles. The Kier molecular flexibility index (Phi) is 3.84. The van der Waals surface area contributed by atoms with E-state index in [1.807, 2.05) is 0 Å². The molecule has 0 aliphatic rings. The van der Waals surface area contributed by atoms with Gasteiger partial charge < -0.3 is 9.30 Å². The van der Waals surface area contributed by atoms with E-state index in [9.17, 15) is 14.9 Å². The lowest BCUT2D eigenvalue weighted by atomic mass is 10.2. The number of rotatable bonds is 4. The Morgan fingerprint density at radius 2 is 2.26 bits per heavy atom. The van der Waals surface area contributed by atoms with Crippen LogP contribution in [-0.2, 0) is 16.1 Å². The zero-order valence-corrected chi connectivity index (χ0v) is 11.7. The molecule has 7 heteroatoms. The molecule has 0 bridgehead atoms. The topological polar surface area (TPSA) is 74.4 Å². The third-order valence-corrected chi connectivity index (χ3v) is 3.12. The van der Waals surface area contributed by atoms with Crippen LogP contribution >= 0.6 is 15.9 Å². The molecule has 0 amide bonds. The van der Waals surface area contributed by atoms with Crippen LogP contribution in [-0.4, -0.2) is 22.1 Å². The molecule has 0 unspecified atom stereocenters. The van der Waals surface area contributed by atoms with Gasteiger partial charge in [-0.15, -0.1) is 0 Å². The number of nitrogens with zero attached hydrogens (tertiary/aromatic N) is 2. The maximum Gasteiger partial charge on any atom is 0.325 e. The van der Waals surface area contributed by atoms with E-state index in [0.29, 0.717) is 10.9 Å². The van der Waals surface area contributed by atoms with Gasteiger partial charge in [0.15, 0.2) is 0 Å². The lowest BCUT2D eigenvalue weighted by Gasteiger charge is -2.04. The Balaban J connectivity index is 2.51. The van der Waals surface area contributed by atoms with E-state index in [0.717, 1.165) is 4.47 Å². The van der Waals surface area contributed by atoms with E-state index in [-0.39, 0.29) is 18.8 Å². The highest BCUT2D eigenvalue weighted by molar-refractivity contribution is 9.10. The first kappa shape index (κ1) is 13.5. The number of fused-ring (bicyclic) bond motifs is 1. The van der Waals surface area contributed by atoms with Crippen LogP contribution in [0.2, 0.25) is 0 Å². The number of ether oxygens (including phenoxy) is 1. The van der Waals surface area contributed by atoms with Crippen molar-refractivity contribution < 1.29 is 14.5 Å². The molecule has 0 saturated carbocycles. The maximum absolute atomic E-state index is 11.5. The molecule has 2 rings (SSSR count). The van der Waals surface area contributed by atoms with Gasteiger partial charge in [-0.25, -0.2) is 0 Å². The summed E-state index contributed by atoms with van der Waals surface area (Å²) in [4.78, 5) is 22.0. The first-order chi connectivity index (χ1) is 9.02. The normalized spacial score (nSPS) is 10.6. The highest BCUT2D eigenvalue weighted by atomic mass is 79.9. The number of carbonyl (C=O) groups excluding carboxylic acids is 1. The summed E-state index contributed by atoms with van der Waals surface area (Å²) in [6.07, 6.45) is 1.36. The van der Waals surface area contributed by atoms with Crippen molar-refractivity contribution in [3.05, 3.63) is 39.0 Å². The van der Waals surface area contributed by atoms with Crippen LogP contribution in [0.15, 0.2) is 28.9 Å². The average Bonchev–Trinajstić information content (AvgIpc) is 2.68. The van der Waals surface area contributed by atoms with Crippen molar-refractivity contribution in [1.29, 1.82) is 0 Å². The van der Waals surface area contributed by atoms with Crippen molar-refractivity contribution in [2.75, 3.05) is 6.61 Å². The second-order valence-corrected chi connectivity index (χ2v) is 4.78. The summed E-state index contributed by atoms with van der Waals surface area (Å²) >= 11 is 3.31. The van der Waals surface area contributed by atoms with Crippen LogP contribution in [0.3, 0.4) is 0 Å². The van der Waals surface area contributed by atoms with Gasteiger partial charge in [-0.3, -0.25) is 14.9 Å². The number of hydrogen-bond donors (Lipinski definition) is 0. The predicted molar refractivity (Wildman–Crippen MR) is 72.9 cm³/mol. The van der Waals surface area contributed by atoms with Crippen molar-refractivity contribution >= 4 is 38.5 Å². The minimum absolute atomic E-state index is 0.0215. The van der Waals surface area contributed by atoms with Gasteiger partial charge in [-0.1, -0.05) is 15.9 Å². The lowest BCUT2D eigenvalue weighted by molar-refractivity contribution is -0.383. The second-order valence-electron chi connectivity index (χ2n) is 3.87. The van der Waals surface area contributed by atoms with Gasteiger partial charge in [-0.2, -0.15) is 0 Å². The Morgan fingerprint density at radius 1 is 1.53 bits per heavy atom. The van der Waals surface area contributed by atoms with Crippen LogP contribution in [0.4, 0.5) is 5.69 Å². The summed E-state index contributed by atoms with van der Waals surface area (Å²) in [7, 11) is 0. The molecule has 2 aromatic rings. The van der Waals surface area contributed by atoms with Crippen LogP contribution in [0, 0.1) is 10.1 Å². The van der Waals surface area contributed by atoms with Crippen molar-refractivity contribution in [2.45, 2.75) is 13.5 Å². The minimum Gasteiger partial charge on any atom is -0.465 e. The van der Waals surface area contributed by atoms with Crippen molar-refractivity contribution in [3.63, 3.8) is 0 Å². The number of esters is 1. The van der Waals surface area contributed by atoms with Gasteiger partial charge >= 0.3 is 5.97 Å². The fraction of sp³-hybridized carbons (Fsp3) is 0.250. The SMILES string of the molecule is CCOC(=O)Cn1cc([N+](=O)[O-])c2ccc(Br)cc21. The number of hydrogen-bond acceptors (Lipinski definition) is 4. The van der Waals surface area contributed by atoms with E-state index >= 15 is 0 Å². The number of carbonyl (C=O) groups is 1. The van der Waals surface area contributed by atoms with E-state index in [1.54, 1.807) is 25.1 Å². The van der Waals surface area contributed by atoms with Crippen molar-refractivity contribution in [1.82, 2.24) is 4.57 Å². The molecule has 0 radical (unpaired) electrons. The Labute approximate surface area is 117 Å². The lowest BCUT2D eigenvalue weighted by Crippen LogP contribution is -2.12. The van der Waals surface area contributed by atoms with Gasteiger partial charge in [0.1, 0.15) is 6.54 Å². The molecule has 0 fully saturated rings. The van der Waals surface area contributed by atoms with Gasteiger partial charge in [0.2, 0.25) is 0 Å². The standard InChI is InChI=1S/C12H11BrN2O4/c1-2-19-12(16)7-14-6-11(15(17)18)9-4-3-8(13)5-10(9)14/h3-6H,2,7H2,1H3. The largest absolute Gasteiger partial charge is 0.465 e. The van der Waals surface area contributed by atoms with E-state index in [4.69, 9.17) is 4.74 Å². The molecular formula is C12H11BrN2O4. The molecule has 0 aliphatic heterocycles. The van der Waals surface area contributed by atoms with Crippen LogP contribution in [0.5, 0.6) is 0 Å². The summed E-state index contributed by atoms with van der Waals surface area (Å²) in [5.41, 5.74) is 0.598. The molecule has 0 atom stereocenters. The van der Waals surface area contributed by atoms with Crippen LogP contribution in [0.25, 0.3) is 10.9 Å². The van der Waals surface area contributed by atoms with E-state index < -0.39 is 10.9 Å². The highest BCUT2D eigenvalue weighted by Gasteiger charge is 2.19. The second kappa shape index (κ2) is 5.40. The minimum atomic E-state index is -0.460. The summed E-state index contributed by atoms with van der Waals surface area (Å²) in [6, 6.07) is 5.12. The smallest absolute Gasteiger partial charge is 0.325 e. The molecule has 0 N–H and O–H groups in total. The molecule has 0 saturated heterocycles. The molecule has 100 valence electrons. The van der Waals surface area contributed by atoms with Crippen molar-refractivity contribution in [3.8, 4) is 0 Å². The zero-order valence-electron chi connectivity index (χ0n) is 10.1. The summed E-state index contributed by atoms with van der Waals surface area (Å²) in [5, 5.41) is 11.5. The summed E-state index contributed by atoms with van der Waals surface area (Å²) in [5.74, 6) is -0.422. The molecule has 19 heavy (non-hydrogen) atoms. The third-order valence-electron chi connectivity index (χ3n) is 2.62. The quantitative estimate of drug-likeness (QED) is 0.492.